The molecule has 0 spiro atoms. The molecule has 272 valence electrons. The van der Waals surface area contributed by atoms with Crippen LogP contribution in [-0.2, 0) is 57.1 Å². The van der Waals surface area contributed by atoms with Gasteiger partial charge in [0.15, 0.2) is 0 Å². The number of epoxide rings is 4. The summed E-state index contributed by atoms with van der Waals surface area (Å²) in [5.41, 5.74) is -1.90. The average molecular weight is 689 g/mol. The highest BCUT2D eigenvalue weighted by molar-refractivity contribution is 5.75. The van der Waals surface area contributed by atoms with Gasteiger partial charge in [0.05, 0.1) is 70.5 Å². The van der Waals surface area contributed by atoms with Gasteiger partial charge in [-0.05, 0) is 105 Å². The second kappa shape index (κ2) is 11.9. The molecule has 8 fully saturated rings. The minimum Gasteiger partial charge on any atom is -0.464 e. The summed E-state index contributed by atoms with van der Waals surface area (Å²) in [5, 5.41) is 0. The van der Waals surface area contributed by atoms with E-state index in [2.05, 4.69) is 27.7 Å². The van der Waals surface area contributed by atoms with E-state index in [0.717, 1.165) is 25.7 Å². The summed E-state index contributed by atoms with van der Waals surface area (Å²) in [6, 6.07) is 0. The van der Waals surface area contributed by atoms with Crippen LogP contribution >= 0.6 is 0 Å². The highest BCUT2D eigenvalue weighted by Crippen LogP contribution is 2.52. The van der Waals surface area contributed by atoms with E-state index in [1.807, 2.05) is 0 Å². The lowest BCUT2D eigenvalue weighted by atomic mass is 9.82. The monoisotopic (exact) mass is 688 g/mol. The largest absolute Gasteiger partial charge is 0.464 e. The molecule has 0 radical (unpaired) electrons. The van der Waals surface area contributed by atoms with Crippen LogP contribution in [0.15, 0.2) is 0 Å². The standard InChI is InChI=1S/C37H52O12/c1-33-9-5-21(13-25(33)46-33)29(38)42-17-37(18-43-30(39)22-6-10-34(2)26(14-22)47-34,19-44-31(40)23-7-11-35(3)27(15-23)48-35)20-45-32(41)24-8-12-36(4)28(16-24)49-36/h21-28H,5-20H2,1-4H3. The first-order valence-electron chi connectivity index (χ1n) is 18.6. The first-order chi connectivity index (χ1) is 23.2. The number of esters is 4. The highest BCUT2D eigenvalue weighted by Gasteiger charge is 2.59. The van der Waals surface area contributed by atoms with E-state index < -0.39 is 5.41 Å². The zero-order chi connectivity index (χ0) is 34.4. The number of carbonyl (C=O) groups excluding carboxylic acids is 4. The van der Waals surface area contributed by atoms with Crippen molar-refractivity contribution < 1.29 is 57.1 Å². The van der Waals surface area contributed by atoms with Crippen molar-refractivity contribution in [3.63, 3.8) is 0 Å². The smallest absolute Gasteiger partial charge is 0.309 e. The van der Waals surface area contributed by atoms with E-state index >= 15 is 0 Å². The van der Waals surface area contributed by atoms with E-state index in [4.69, 9.17) is 37.9 Å². The summed E-state index contributed by atoms with van der Waals surface area (Å²) in [6.07, 6.45) is 8.19. The molecule has 12 unspecified atom stereocenters. The number of hydrogen-bond donors (Lipinski definition) is 0. The Labute approximate surface area is 287 Å². The van der Waals surface area contributed by atoms with Gasteiger partial charge in [-0.15, -0.1) is 0 Å². The lowest BCUT2D eigenvalue weighted by Gasteiger charge is -2.34. The third-order valence-electron chi connectivity index (χ3n) is 13.5. The van der Waals surface area contributed by atoms with Gasteiger partial charge in [-0.3, -0.25) is 19.2 Å². The van der Waals surface area contributed by atoms with Gasteiger partial charge in [0.1, 0.15) is 31.8 Å². The maximum absolute atomic E-state index is 13.4. The van der Waals surface area contributed by atoms with Crippen molar-refractivity contribution in [2.75, 3.05) is 26.4 Å². The lowest BCUT2D eigenvalue weighted by Crippen LogP contribution is -2.46. The van der Waals surface area contributed by atoms with Crippen LogP contribution in [0.3, 0.4) is 0 Å². The molecule has 12 atom stereocenters. The third-order valence-corrected chi connectivity index (χ3v) is 13.5. The molecule has 8 rings (SSSR count). The molecule has 4 heterocycles. The van der Waals surface area contributed by atoms with Crippen molar-refractivity contribution in [3.8, 4) is 0 Å². The predicted octanol–water partition coefficient (Wildman–Crippen LogP) is 3.98. The van der Waals surface area contributed by atoms with Crippen molar-refractivity contribution in [1.29, 1.82) is 0 Å². The molecule has 4 saturated carbocycles. The Kier molecular flexibility index (Phi) is 8.21. The fourth-order valence-corrected chi connectivity index (χ4v) is 9.06. The second-order valence-electron chi connectivity index (χ2n) is 17.5. The van der Waals surface area contributed by atoms with E-state index in [1.165, 1.54) is 0 Å². The van der Waals surface area contributed by atoms with Crippen LogP contribution < -0.4 is 0 Å². The number of ether oxygens (including phenoxy) is 8. The SMILES string of the molecule is CC12CCC(C(=O)OCC(COC(=O)C3CCC4(C)OC4C3)(COC(=O)C3CCC4(C)OC4C3)COC(=O)C3CCC4(C)OC4C3)CC1O2. The van der Waals surface area contributed by atoms with E-state index in [1.54, 1.807) is 0 Å². The molecule has 49 heavy (non-hydrogen) atoms. The van der Waals surface area contributed by atoms with Crippen LogP contribution in [0.1, 0.15) is 105 Å². The first-order valence-corrected chi connectivity index (χ1v) is 18.6. The molecular weight excluding hydrogens is 636 g/mol. The summed E-state index contributed by atoms with van der Waals surface area (Å²) in [4.78, 5) is 53.8. The van der Waals surface area contributed by atoms with Gasteiger partial charge in [0.2, 0.25) is 0 Å². The number of fused-ring (bicyclic) bond motifs is 4. The van der Waals surface area contributed by atoms with E-state index in [-0.39, 0.29) is 121 Å². The minimum absolute atomic E-state index is 0.0415. The Morgan fingerprint density at radius 1 is 0.469 bits per heavy atom. The molecule has 0 N–H and O–H groups in total. The normalized spacial score (nSPS) is 46.6. The predicted molar refractivity (Wildman–Crippen MR) is 169 cm³/mol. The highest BCUT2D eigenvalue weighted by atomic mass is 16.6. The van der Waals surface area contributed by atoms with Crippen molar-refractivity contribution in [3.05, 3.63) is 0 Å². The van der Waals surface area contributed by atoms with Crippen LogP contribution in [0, 0.1) is 29.1 Å². The fraction of sp³-hybridized carbons (Fsp3) is 0.892. The van der Waals surface area contributed by atoms with Crippen molar-refractivity contribution >= 4 is 23.9 Å². The van der Waals surface area contributed by atoms with Gasteiger partial charge in [0, 0.05) is 0 Å². The van der Waals surface area contributed by atoms with E-state index in [9.17, 15) is 19.2 Å². The average Bonchev–Trinajstić information content (AvgIpc) is 3.97. The molecule has 12 heteroatoms. The molecule has 12 nitrogen and oxygen atoms in total. The number of hydrogen-bond acceptors (Lipinski definition) is 12. The fourth-order valence-electron chi connectivity index (χ4n) is 9.06. The van der Waals surface area contributed by atoms with Gasteiger partial charge in [-0.2, -0.15) is 0 Å². The van der Waals surface area contributed by atoms with Gasteiger partial charge < -0.3 is 37.9 Å². The molecule has 8 aliphatic rings. The summed E-state index contributed by atoms with van der Waals surface area (Å²) in [5.74, 6) is -2.82. The van der Waals surface area contributed by atoms with Gasteiger partial charge in [0.25, 0.3) is 0 Å². The zero-order valence-electron chi connectivity index (χ0n) is 29.3. The summed E-state index contributed by atoms with van der Waals surface area (Å²) < 4.78 is 47.1. The summed E-state index contributed by atoms with van der Waals surface area (Å²) >= 11 is 0. The maximum atomic E-state index is 13.4. The molecule has 4 aliphatic carbocycles. The van der Waals surface area contributed by atoms with Crippen LogP contribution in [-0.4, -0.2) is 97.1 Å². The van der Waals surface area contributed by atoms with Crippen LogP contribution in [0.25, 0.3) is 0 Å². The third kappa shape index (κ3) is 6.76. The molecule has 0 amide bonds. The second-order valence-corrected chi connectivity index (χ2v) is 17.5. The molecule has 0 bridgehead atoms. The van der Waals surface area contributed by atoms with Crippen LogP contribution in [0.5, 0.6) is 0 Å². The van der Waals surface area contributed by atoms with Gasteiger partial charge >= 0.3 is 23.9 Å². The molecule has 0 aromatic heterocycles. The Balaban J connectivity index is 0.967. The quantitative estimate of drug-likeness (QED) is 0.165. The molecular formula is C37H52O12. The Bertz CT molecular complexity index is 1180. The maximum Gasteiger partial charge on any atom is 0.309 e. The molecule has 4 aliphatic heterocycles. The molecule has 4 saturated heterocycles. The van der Waals surface area contributed by atoms with Crippen molar-refractivity contribution in [1.82, 2.24) is 0 Å². The Morgan fingerprint density at radius 3 is 0.898 bits per heavy atom. The van der Waals surface area contributed by atoms with Crippen molar-refractivity contribution in [2.45, 2.75) is 152 Å². The Hall–Kier alpha value is -2.28. The summed E-state index contributed by atoms with van der Waals surface area (Å²) in [6.45, 7) is 7.29. The number of carbonyl (C=O) groups is 4. The lowest BCUT2D eigenvalue weighted by molar-refractivity contribution is -0.177. The van der Waals surface area contributed by atoms with Crippen molar-refractivity contribution in [2.24, 2.45) is 29.1 Å². The van der Waals surface area contributed by atoms with Crippen LogP contribution in [0.4, 0.5) is 0 Å². The number of rotatable bonds is 12. The van der Waals surface area contributed by atoms with Gasteiger partial charge in [-0.1, -0.05) is 0 Å². The summed E-state index contributed by atoms with van der Waals surface area (Å²) in [7, 11) is 0. The topological polar surface area (TPSA) is 155 Å². The van der Waals surface area contributed by atoms with Gasteiger partial charge in [-0.25, -0.2) is 0 Å². The minimum atomic E-state index is -1.30. The van der Waals surface area contributed by atoms with E-state index in [0.29, 0.717) is 51.4 Å². The molecule has 0 aromatic rings. The Morgan fingerprint density at radius 2 is 0.694 bits per heavy atom. The van der Waals surface area contributed by atoms with Crippen LogP contribution in [0.2, 0.25) is 0 Å². The molecule has 0 aromatic carbocycles. The zero-order valence-corrected chi connectivity index (χ0v) is 29.3. The first kappa shape index (κ1) is 33.8.